The molecule has 0 heterocycles. The summed E-state index contributed by atoms with van der Waals surface area (Å²) in [7, 11) is 0. The van der Waals surface area contributed by atoms with Crippen LogP contribution < -0.4 is 10.6 Å². The molecule has 0 unspecified atom stereocenters. The molecule has 1 aromatic carbocycles. The summed E-state index contributed by atoms with van der Waals surface area (Å²) in [5, 5.41) is 5.20. The summed E-state index contributed by atoms with van der Waals surface area (Å²) in [4.78, 5) is 24.3. The van der Waals surface area contributed by atoms with Gasteiger partial charge < -0.3 is 10.6 Å². The lowest BCUT2D eigenvalue weighted by molar-refractivity contribution is -0.138. The van der Waals surface area contributed by atoms with E-state index in [1.807, 2.05) is 0 Å². The standard InChI is InChI=1S/C16H23FN2O2/c1-4-5-8-11-18-14(20)16(2,3)15(21)19-13-10-7-6-9-12(13)17/h6-7,9-10H,4-5,8,11H2,1-3H3,(H,18,20)(H,19,21). The summed E-state index contributed by atoms with van der Waals surface area (Å²) in [5.74, 6) is -1.40. The SMILES string of the molecule is CCCCCNC(=O)C(C)(C)C(=O)Nc1ccccc1F. The van der Waals surface area contributed by atoms with Gasteiger partial charge in [0.25, 0.3) is 0 Å². The van der Waals surface area contributed by atoms with Crippen molar-refractivity contribution in [3.8, 4) is 0 Å². The fourth-order valence-corrected chi connectivity index (χ4v) is 1.74. The van der Waals surface area contributed by atoms with Crippen LogP contribution in [0.4, 0.5) is 10.1 Å². The van der Waals surface area contributed by atoms with Crippen LogP contribution in [-0.4, -0.2) is 18.4 Å². The van der Waals surface area contributed by atoms with E-state index in [4.69, 9.17) is 0 Å². The Balaban J connectivity index is 2.62. The average molecular weight is 294 g/mol. The maximum Gasteiger partial charge on any atom is 0.239 e. The van der Waals surface area contributed by atoms with Gasteiger partial charge in [0.1, 0.15) is 11.2 Å². The van der Waals surface area contributed by atoms with Crippen molar-refractivity contribution in [1.29, 1.82) is 0 Å². The molecule has 0 radical (unpaired) electrons. The molecule has 0 aromatic heterocycles. The minimum atomic E-state index is -1.26. The van der Waals surface area contributed by atoms with Crippen LogP contribution >= 0.6 is 0 Å². The molecule has 1 rings (SSSR count). The van der Waals surface area contributed by atoms with Crippen LogP contribution in [0.1, 0.15) is 40.0 Å². The second-order valence-corrected chi connectivity index (χ2v) is 5.52. The van der Waals surface area contributed by atoms with Gasteiger partial charge in [-0.3, -0.25) is 9.59 Å². The number of hydrogen-bond acceptors (Lipinski definition) is 2. The zero-order chi connectivity index (χ0) is 15.9. The van der Waals surface area contributed by atoms with E-state index in [0.29, 0.717) is 6.54 Å². The van der Waals surface area contributed by atoms with Crippen LogP contribution in [0.25, 0.3) is 0 Å². The van der Waals surface area contributed by atoms with E-state index >= 15 is 0 Å². The summed E-state index contributed by atoms with van der Waals surface area (Å²) in [6, 6.07) is 5.88. The van der Waals surface area contributed by atoms with Crippen molar-refractivity contribution < 1.29 is 14.0 Å². The third-order valence-corrected chi connectivity index (χ3v) is 3.32. The fourth-order valence-electron chi connectivity index (χ4n) is 1.74. The molecule has 0 fully saturated rings. The first-order chi connectivity index (χ1) is 9.89. The van der Waals surface area contributed by atoms with Crippen LogP contribution in [0, 0.1) is 11.2 Å². The number of rotatable bonds is 7. The van der Waals surface area contributed by atoms with Crippen molar-refractivity contribution in [1.82, 2.24) is 5.32 Å². The molecule has 4 nitrogen and oxygen atoms in total. The van der Waals surface area contributed by atoms with Crippen molar-refractivity contribution in [3.63, 3.8) is 0 Å². The molecule has 5 heteroatoms. The Morgan fingerprint density at radius 1 is 1.14 bits per heavy atom. The van der Waals surface area contributed by atoms with E-state index in [1.54, 1.807) is 6.07 Å². The van der Waals surface area contributed by atoms with Gasteiger partial charge in [0.15, 0.2) is 0 Å². The van der Waals surface area contributed by atoms with E-state index in [9.17, 15) is 14.0 Å². The van der Waals surface area contributed by atoms with Crippen LogP contribution in [0.3, 0.4) is 0 Å². The lowest BCUT2D eigenvalue weighted by Crippen LogP contribution is -2.45. The molecule has 116 valence electrons. The van der Waals surface area contributed by atoms with Crippen LogP contribution in [0.15, 0.2) is 24.3 Å². The molecule has 1 aromatic rings. The molecule has 0 bridgehead atoms. The van der Waals surface area contributed by atoms with Gasteiger partial charge in [-0.2, -0.15) is 0 Å². The van der Waals surface area contributed by atoms with Crippen molar-refractivity contribution in [2.75, 3.05) is 11.9 Å². The summed E-state index contributed by atoms with van der Waals surface area (Å²) < 4.78 is 13.5. The van der Waals surface area contributed by atoms with E-state index in [0.717, 1.165) is 19.3 Å². The van der Waals surface area contributed by atoms with E-state index in [2.05, 4.69) is 17.6 Å². The number of carbonyl (C=O) groups is 2. The first-order valence-electron chi connectivity index (χ1n) is 7.24. The second-order valence-electron chi connectivity index (χ2n) is 5.52. The first-order valence-corrected chi connectivity index (χ1v) is 7.24. The van der Waals surface area contributed by atoms with E-state index in [1.165, 1.54) is 32.0 Å². The molecule has 21 heavy (non-hydrogen) atoms. The fraction of sp³-hybridized carbons (Fsp3) is 0.500. The Bertz CT molecular complexity index is 501. The molecular weight excluding hydrogens is 271 g/mol. The predicted octanol–water partition coefficient (Wildman–Crippen LogP) is 3.10. The average Bonchev–Trinajstić information content (AvgIpc) is 2.45. The molecule has 0 aliphatic carbocycles. The van der Waals surface area contributed by atoms with Gasteiger partial charge in [-0.1, -0.05) is 31.9 Å². The lowest BCUT2D eigenvalue weighted by atomic mass is 9.91. The highest BCUT2D eigenvalue weighted by molar-refractivity contribution is 6.09. The van der Waals surface area contributed by atoms with Gasteiger partial charge in [-0.05, 0) is 32.4 Å². The molecule has 2 N–H and O–H groups in total. The maximum atomic E-state index is 13.5. The topological polar surface area (TPSA) is 58.2 Å². The number of anilines is 1. The summed E-state index contributed by atoms with van der Waals surface area (Å²) >= 11 is 0. The zero-order valence-electron chi connectivity index (χ0n) is 12.8. The van der Waals surface area contributed by atoms with Crippen LogP contribution in [0.5, 0.6) is 0 Å². The first kappa shape index (κ1) is 17.1. The van der Waals surface area contributed by atoms with Crippen molar-refractivity contribution in [2.45, 2.75) is 40.0 Å². The number of amides is 2. The molecule has 0 saturated heterocycles. The van der Waals surface area contributed by atoms with Gasteiger partial charge in [0.2, 0.25) is 11.8 Å². The van der Waals surface area contributed by atoms with E-state index < -0.39 is 17.1 Å². The summed E-state index contributed by atoms with van der Waals surface area (Å²) in [6.45, 7) is 5.67. The third kappa shape index (κ3) is 4.85. The smallest absolute Gasteiger partial charge is 0.239 e. The molecule has 0 aliphatic rings. The lowest BCUT2D eigenvalue weighted by Gasteiger charge is -2.22. The molecule has 0 aliphatic heterocycles. The Kier molecular flexibility index (Phi) is 6.34. The van der Waals surface area contributed by atoms with Crippen molar-refractivity contribution >= 4 is 17.5 Å². The normalized spacial score (nSPS) is 11.0. The largest absolute Gasteiger partial charge is 0.355 e. The summed E-state index contributed by atoms with van der Waals surface area (Å²) in [5.41, 5.74) is -1.18. The number of carbonyl (C=O) groups excluding carboxylic acids is 2. The number of hydrogen-bond donors (Lipinski definition) is 2. The molecule has 0 atom stereocenters. The maximum absolute atomic E-state index is 13.5. The second kappa shape index (κ2) is 7.76. The van der Waals surface area contributed by atoms with Gasteiger partial charge in [0, 0.05) is 6.54 Å². The minimum absolute atomic E-state index is 0.0781. The Morgan fingerprint density at radius 3 is 2.43 bits per heavy atom. The van der Waals surface area contributed by atoms with Crippen molar-refractivity contribution in [2.24, 2.45) is 5.41 Å². The van der Waals surface area contributed by atoms with Gasteiger partial charge >= 0.3 is 0 Å². The number of unbranched alkanes of at least 4 members (excludes halogenated alkanes) is 2. The van der Waals surface area contributed by atoms with Crippen LogP contribution in [-0.2, 0) is 9.59 Å². The van der Waals surface area contributed by atoms with Gasteiger partial charge in [0.05, 0.1) is 5.69 Å². The number of nitrogens with one attached hydrogen (secondary N) is 2. The van der Waals surface area contributed by atoms with Crippen LogP contribution in [0.2, 0.25) is 0 Å². The highest BCUT2D eigenvalue weighted by atomic mass is 19.1. The minimum Gasteiger partial charge on any atom is -0.355 e. The third-order valence-electron chi connectivity index (χ3n) is 3.32. The molecule has 0 saturated carbocycles. The Morgan fingerprint density at radius 2 is 1.81 bits per heavy atom. The highest BCUT2D eigenvalue weighted by Crippen LogP contribution is 2.20. The number of benzene rings is 1. The molecular formula is C16H23FN2O2. The summed E-state index contributed by atoms with van der Waals surface area (Å²) in [6.07, 6.45) is 2.97. The Labute approximate surface area is 125 Å². The highest BCUT2D eigenvalue weighted by Gasteiger charge is 2.36. The molecule has 0 spiro atoms. The number of para-hydroxylation sites is 1. The van der Waals surface area contributed by atoms with E-state index in [-0.39, 0.29) is 11.6 Å². The van der Waals surface area contributed by atoms with Gasteiger partial charge in [-0.15, -0.1) is 0 Å². The quantitative estimate of drug-likeness (QED) is 0.599. The monoisotopic (exact) mass is 294 g/mol. The van der Waals surface area contributed by atoms with Gasteiger partial charge in [-0.25, -0.2) is 4.39 Å². The number of halogens is 1. The zero-order valence-corrected chi connectivity index (χ0v) is 12.8. The Hall–Kier alpha value is -1.91. The predicted molar refractivity (Wildman–Crippen MR) is 81.3 cm³/mol. The molecule has 2 amide bonds. The van der Waals surface area contributed by atoms with Crippen molar-refractivity contribution in [3.05, 3.63) is 30.1 Å².